The van der Waals surface area contributed by atoms with Gasteiger partial charge >= 0.3 is 77.4 Å². The zero-order chi connectivity index (χ0) is 8.41. The molecule has 0 amide bonds. The molecule has 0 spiro atoms. The molecule has 0 heterocycles. The standard InChI is InChI=1S/2Na.H2O6S4.2H/c;;1-9(2,3)7-8-10(4,5)6;;/h;;(H,1,2,3)(H,4,5,6);;/q2*+1;;2*-1. The van der Waals surface area contributed by atoms with Crippen LogP contribution in [0, 0.1) is 0 Å². The maximum atomic E-state index is 9.80. The first-order valence-electron chi connectivity index (χ1n) is 1.53. The molecular weight excluding hydrogens is 270 g/mol. The summed E-state index contributed by atoms with van der Waals surface area (Å²) < 4.78 is 55.0. The minimum Gasteiger partial charge on any atom is -1.00 e. The first kappa shape index (κ1) is 20.0. The molecule has 12 heteroatoms. The van der Waals surface area contributed by atoms with Crippen LogP contribution in [0.25, 0.3) is 0 Å². The zero-order valence-corrected chi connectivity index (χ0v) is 13.4. The summed E-state index contributed by atoms with van der Waals surface area (Å²) >= 11 is 0. The molecule has 0 saturated heterocycles. The number of rotatable bonds is 3. The molecule has 0 aromatic carbocycles. The third kappa shape index (κ3) is 18.3. The van der Waals surface area contributed by atoms with Gasteiger partial charge in [0.25, 0.3) is 0 Å². The normalized spacial score (nSPS) is 11.2. The van der Waals surface area contributed by atoms with Crippen LogP contribution in [-0.4, -0.2) is 25.9 Å². The van der Waals surface area contributed by atoms with Crippen molar-refractivity contribution in [2.45, 2.75) is 0 Å². The Hall–Kier alpha value is 2.52. The molecule has 0 saturated carbocycles. The van der Waals surface area contributed by atoms with Crippen LogP contribution >= 0.6 is 19.7 Å². The van der Waals surface area contributed by atoms with Gasteiger partial charge in [0.2, 0.25) is 0 Å². The van der Waals surface area contributed by atoms with Crippen molar-refractivity contribution in [2.24, 2.45) is 0 Å². The Morgan fingerprint density at radius 2 is 1.00 bits per heavy atom. The fraction of sp³-hybridized carbons (Fsp3) is 0. The summed E-state index contributed by atoms with van der Waals surface area (Å²) in [5, 5.41) is 0. The Labute approximate surface area is 124 Å². The summed E-state index contributed by atoms with van der Waals surface area (Å²) in [7, 11) is -9.54. The second kappa shape index (κ2) is 7.77. The molecule has 0 aliphatic heterocycles. The van der Waals surface area contributed by atoms with E-state index in [0.717, 1.165) is 0 Å². The molecule has 0 aliphatic carbocycles. The van der Waals surface area contributed by atoms with E-state index in [1.54, 1.807) is 0 Å². The van der Waals surface area contributed by atoms with Crippen LogP contribution in [0.3, 0.4) is 0 Å². The van der Waals surface area contributed by atoms with Crippen LogP contribution in [0.1, 0.15) is 2.85 Å². The second-order valence-electron chi connectivity index (χ2n) is 0.992. The van der Waals surface area contributed by atoms with E-state index >= 15 is 0 Å². The molecule has 0 bridgehead atoms. The van der Waals surface area contributed by atoms with Gasteiger partial charge in [0, 0.05) is 0 Å². The summed E-state index contributed by atoms with van der Waals surface area (Å²) in [4.78, 5) is 0. The summed E-state index contributed by atoms with van der Waals surface area (Å²) in [6.45, 7) is 0. The van der Waals surface area contributed by atoms with E-state index in [-0.39, 0.29) is 81.6 Å². The molecule has 66 valence electrons. The van der Waals surface area contributed by atoms with Crippen molar-refractivity contribution in [3.8, 4) is 0 Å². The number of hydrogen-bond donors (Lipinski definition) is 2. The first-order valence-corrected chi connectivity index (χ1v) is 7.60. The minimum absolute atomic E-state index is 0. The number of hydrogen-bond acceptors (Lipinski definition) is 6. The monoisotopic (exact) mass is 274 g/mol. The SMILES string of the molecule is O=S(=O)(O)SSS(=O)(=O)O.[H-].[H-].[Na+].[Na+]. The molecule has 12 heavy (non-hydrogen) atoms. The van der Waals surface area contributed by atoms with E-state index in [1.807, 2.05) is 0 Å². The van der Waals surface area contributed by atoms with Crippen molar-refractivity contribution >= 4 is 38.0 Å². The van der Waals surface area contributed by atoms with Gasteiger partial charge in [-0.25, -0.2) is 0 Å². The molecule has 0 atom stereocenters. The topological polar surface area (TPSA) is 109 Å². The van der Waals surface area contributed by atoms with Crippen LogP contribution in [0.2, 0.25) is 0 Å². The van der Waals surface area contributed by atoms with Gasteiger partial charge in [-0.05, 0) is 0 Å². The fourth-order valence-electron chi connectivity index (χ4n) is 0.0702. The van der Waals surface area contributed by atoms with Crippen molar-refractivity contribution in [3.63, 3.8) is 0 Å². The summed E-state index contributed by atoms with van der Waals surface area (Å²) in [5.41, 5.74) is 0. The summed E-state index contributed by atoms with van der Waals surface area (Å²) in [5.74, 6) is 0. The van der Waals surface area contributed by atoms with E-state index in [2.05, 4.69) is 0 Å². The first-order chi connectivity index (χ1) is 4.21. The third-order valence-corrected chi connectivity index (χ3v) is 6.89. The molecule has 0 fully saturated rings. The molecule has 0 rings (SSSR count). The van der Waals surface area contributed by atoms with Gasteiger partial charge in [-0.3, -0.25) is 9.11 Å². The zero-order valence-electron chi connectivity index (χ0n) is 8.16. The summed E-state index contributed by atoms with van der Waals surface area (Å²) in [6, 6.07) is 0. The molecule has 2 N–H and O–H groups in total. The second-order valence-corrected chi connectivity index (χ2v) is 8.77. The van der Waals surface area contributed by atoms with Gasteiger partial charge in [0.15, 0.2) is 0 Å². The quantitative estimate of drug-likeness (QED) is 0.298. The minimum atomic E-state index is -4.42. The van der Waals surface area contributed by atoms with Gasteiger partial charge < -0.3 is 2.85 Å². The largest absolute Gasteiger partial charge is 1.00 e. The van der Waals surface area contributed by atoms with Gasteiger partial charge in [-0.15, -0.1) is 0 Å². The molecule has 6 nitrogen and oxygen atoms in total. The Kier molecular flexibility index (Phi) is 12.9. The van der Waals surface area contributed by atoms with Gasteiger partial charge in [0.1, 0.15) is 0 Å². The van der Waals surface area contributed by atoms with Crippen LogP contribution in [0.4, 0.5) is 0 Å². The summed E-state index contributed by atoms with van der Waals surface area (Å²) in [6.07, 6.45) is 0. The van der Waals surface area contributed by atoms with Gasteiger partial charge in [-0.2, -0.15) is 16.8 Å². The van der Waals surface area contributed by atoms with Gasteiger partial charge in [-0.1, -0.05) is 0 Å². The maximum absolute atomic E-state index is 9.80. The molecule has 0 aliphatic rings. The Balaban J connectivity index is -0.0000000675. The third-order valence-electron chi connectivity index (χ3n) is 0.200. The molecule has 0 aromatic rings. The van der Waals surface area contributed by atoms with Crippen LogP contribution < -0.4 is 59.1 Å². The smallest absolute Gasteiger partial charge is 1.00 e. The maximum Gasteiger partial charge on any atom is 1.00 e. The average molecular weight is 274 g/mol. The van der Waals surface area contributed by atoms with Crippen molar-refractivity contribution in [3.05, 3.63) is 0 Å². The molecular formula is H4Na2O6S4. The van der Waals surface area contributed by atoms with E-state index < -0.39 is 18.3 Å². The Bertz CT molecular complexity index is 262. The average Bonchev–Trinajstić information content (AvgIpc) is 1.57. The Morgan fingerprint density at radius 3 is 1.08 bits per heavy atom. The predicted molar refractivity (Wildman–Crippen MR) is 40.5 cm³/mol. The van der Waals surface area contributed by atoms with E-state index in [9.17, 15) is 16.8 Å². The molecule has 0 unspecified atom stereocenters. The Morgan fingerprint density at radius 1 is 0.833 bits per heavy atom. The van der Waals surface area contributed by atoms with E-state index in [0.29, 0.717) is 0 Å². The molecule has 0 radical (unpaired) electrons. The van der Waals surface area contributed by atoms with Crippen molar-refractivity contribution < 1.29 is 87.9 Å². The fourth-order valence-corrected chi connectivity index (χ4v) is 5.69. The van der Waals surface area contributed by atoms with E-state index in [4.69, 9.17) is 9.11 Å². The van der Waals surface area contributed by atoms with Crippen molar-refractivity contribution in [2.75, 3.05) is 0 Å². The van der Waals surface area contributed by atoms with E-state index in [1.165, 1.54) is 0 Å². The van der Waals surface area contributed by atoms with Crippen molar-refractivity contribution in [1.29, 1.82) is 0 Å². The van der Waals surface area contributed by atoms with Crippen LogP contribution in [0.15, 0.2) is 0 Å². The van der Waals surface area contributed by atoms with Crippen molar-refractivity contribution in [1.82, 2.24) is 0 Å². The predicted octanol–water partition coefficient (Wildman–Crippen LogP) is -5.79. The molecule has 0 aromatic heterocycles. The van der Waals surface area contributed by atoms with Crippen LogP contribution in [0.5, 0.6) is 0 Å². The van der Waals surface area contributed by atoms with Crippen LogP contribution in [-0.2, 0) is 18.3 Å². The van der Waals surface area contributed by atoms with Gasteiger partial charge in [0.05, 0.1) is 19.7 Å².